The van der Waals surface area contributed by atoms with Gasteiger partial charge in [0, 0.05) is 16.6 Å². The van der Waals surface area contributed by atoms with E-state index in [1.807, 2.05) is 0 Å². The second kappa shape index (κ2) is 5.75. The van der Waals surface area contributed by atoms with Crippen molar-refractivity contribution in [3.8, 4) is 0 Å². The summed E-state index contributed by atoms with van der Waals surface area (Å²) >= 11 is 1.45. The zero-order valence-electron chi connectivity index (χ0n) is 10.7. The van der Waals surface area contributed by atoms with E-state index in [0.29, 0.717) is 28.5 Å². The minimum atomic E-state index is -0.313. The fourth-order valence-electron chi connectivity index (χ4n) is 1.58. The van der Waals surface area contributed by atoms with E-state index in [-0.39, 0.29) is 5.91 Å². The minimum Gasteiger partial charge on any atom is -0.298 e. The van der Waals surface area contributed by atoms with Gasteiger partial charge in [0.2, 0.25) is 0 Å². The second-order valence-electron chi connectivity index (χ2n) is 4.38. The molecule has 19 heavy (non-hydrogen) atoms. The highest BCUT2D eigenvalue weighted by atomic mass is 32.1. The van der Waals surface area contributed by atoms with Crippen LogP contribution in [0.4, 0.5) is 5.13 Å². The molecular weight excluding hydrogens is 260 g/mol. The quantitative estimate of drug-likeness (QED) is 0.870. The standard InChI is InChI=1S/C14H14N2O2S/c1-9(2)12-7-15-14(19-12)16-13(18)11-6-4-3-5-10(11)8-17/h3-9H,1-2H3,(H,15,16,18). The highest BCUT2D eigenvalue weighted by Gasteiger charge is 2.13. The highest BCUT2D eigenvalue weighted by molar-refractivity contribution is 7.15. The monoisotopic (exact) mass is 274 g/mol. The molecule has 4 nitrogen and oxygen atoms in total. The van der Waals surface area contributed by atoms with Gasteiger partial charge >= 0.3 is 0 Å². The number of amides is 1. The maximum Gasteiger partial charge on any atom is 0.258 e. The van der Waals surface area contributed by atoms with Crippen molar-refractivity contribution in [1.82, 2.24) is 4.98 Å². The van der Waals surface area contributed by atoms with Crippen LogP contribution in [0.3, 0.4) is 0 Å². The number of carbonyl (C=O) groups excluding carboxylic acids is 2. The summed E-state index contributed by atoms with van der Waals surface area (Å²) < 4.78 is 0. The molecule has 1 amide bonds. The lowest BCUT2D eigenvalue weighted by molar-refractivity contribution is 0.101. The van der Waals surface area contributed by atoms with Crippen LogP contribution < -0.4 is 5.32 Å². The van der Waals surface area contributed by atoms with E-state index < -0.39 is 0 Å². The van der Waals surface area contributed by atoms with Crippen LogP contribution in [0.2, 0.25) is 0 Å². The maximum atomic E-state index is 12.1. The third kappa shape index (κ3) is 3.06. The molecule has 1 aromatic carbocycles. The summed E-state index contributed by atoms with van der Waals surface area (Å²) in [6.45, 7) is 4.14. The van der Waals surface area contributed by atoms with Crippen LogP contribution >= 0.6 is 11.3 Å². The summed E-state index contributed by atoms with van der Waals surface area (Å²) in [5.74, 6) is 0.0674. The molecule has 0 aliphatic heterocycles. The number of nitrogens with zero attached hydrogens (tertiary/aromatic N) is 1. The van der Waals surface area contributed by atoms with Crippen LogP contribution in [0.1, 0.15) is 45.4 Å². The van der Waals surface area contributed by atoms with Gasteiger partial charge < -0.3 is 0 Å². The zero-order valence-corrected chi connectivity index (χ0v) is 11.5. The molecule has 2 aromatic rings. The second-order valence-corrected chi connectivity index (χ2v) is 5.44. The largest absolute Gasteiger partial charge is 0.298 e. The highest BCUT2D eigenvalue weighted by Crippen LogP contribution is 2.25. The molecule has 0 unspecified atom stereocenters. The fraction of sp³-hybridized carbons (Fsp3) is 0.214. The maximum absolute atomic E-state index is 12.1. The molecule has 98 valence electrons. The van der Waals surface area contributed by atoms with Crippen molar-refractivity contribution in [2.45, 2.75) is 19.8 Å². The van der Waals surface area contributed by atoms with Gasteiger partial charge in [-0.1, -0.05) is 32.0 Å². The molecule has 0 aliphatic rings. The summed E-state index contributed by atoms with van der Waals surface area (Å²) in [6.07, 6.45) is 2.44. The van der Waals surface area contributed by atoms with E-state index in [2.05, 4.69) is 24.1 Å². The van der Waals surface area contributed by atoms with Gasteiger partial charge in [-0.25, -0.2) is 4.98 Å². The lowest BCUT2D eigenvalue weighted by atomic mass is 10.1. The minimum absolute atomic E-state index is 0.313. The number of rotatable bonds is 4. The fourth-order valence-corrected chi connectivity index (χ4v) is 2.40. The Morgan fingerprint density at radius 2 is 2.11 bits per heavy atom. The first-order chi connectivity index (χ1) is 9.11. The summed E-state index contributed by atoms with van der Waals surface area (Å²) in [5, 5.41) is 3.27. The Morgan fingerprint density at radius 1 is 1.37 bits per heavy atom. The van der Waals surface area contributed by atoms with Crippen molar-refractivity contribution >= 4 is 28.7 Å². The number of benzene rings is 1. The molecule has 0 spiro atoms. The molecule has 0 saturated carbocycles. The number of aldehydes is 1. The van der Waals surface area contributed by atoms with E-state index >= 15 is 0 Å². The molecule has 1 N–H and O–H groups in total. The third-order valence-electron chi connectivity index (χ3n) is 2.65. The Morgan fingerprint density at radius 3 is 2.74 bits per heavy atom. The van der Waals surface area contributed by atoms with Crippen LogP contribution in [0, 0.1) is 0 Å². The molecule has 1 heterocycles. The number of hydrogen-bond acceptors (Lipinski definition) is 4. The van der Waals surface area contributed by atoms with Crippen molar-refractivity contribution in [1.29, 1.82) is 0 Å². The van der Waals surface area contributed by atoms with E-state index in [1.54, 1.807) is 30.5 Å². The van der Waals surface area contributed by atoms with Gasteiger partial charge in [0.1, 0.15) is 0 Å². The van der Waals surface area contributed by atoms with Crippen LogP contribution in [0.5, 0.6) is 0 Å². The van der Waals surface area contributed by atoms with E-state index in [4.69, 9.17) is 0 Å². The normalized spacial score (nSPS) is 10.5. The van der Waals surface area contributed by atoms with Gasteiger partial charge in [0.25, 0.3) is 5.91 Å². The SMILES string of the molecule is CC(C)c1cnc(NC(=O)c2ccccc2C=O)s1. The molecular formula is C14H14N2O2S. The summed E-state index contributed by atoms with van der Waals surface area (Å²) in [6, 6.07) is 6.68. The molecule has 0 saturated heterocycles. The first-order valence-electron chi connectivity index (χ1n) is 5.93. The lowest BCUT2D eigenvalue weighted by Crippen LogP contribution is -2.13. The first kappa shape index (κ1) is 13.4. The van der Waals surface area contributed by atoms with Crippen molar-refractivity contribution in [2.75, 3.05) is 5.32 Å². The van der Waals surface area contributed by atoms with Crippen LogP contribution in [-0.2, 0) is 0 Å². The Balaban J connectivity index is 2.18. The average molecular weight is 274 g/mol. The van der Waals surface area contributed by atoms with Gasteiger partial charge in [-0.15, -0.1) is 11.3 Å². The van der Waals surface area contributed by atoms with Gasteiger partial charge in [0.05, 0.1) is 5.56 Å². The molecule has 0 bridgehead atoms. The van der Waals surface area contributed by atoms with E-state index in [1.165, 1.54) is 11.3 Å². The van der Waals surface area contributed by atoms with Gasteiger partial charge in [0.15, 0.2) is 11.4 Å². The van der Waals surface area contributed by atoms with Crippen LogP contribution in [0.15, 0.2) is 30.5 Å². The van der Waals surface area contributed by atoms with Crippen molar-refractivity contribution in [3.63, 3.8) is 0 Å². The van der Waals surface area contributed by atoms with Gasteiger partial charge in [-0.3, -0.25) is 14.9 Å². The number of carbonyl (C=O) groups is 2. The van der Waals surface area contributed by atoms with Crippen LogP contribution in [-0.4, -0.2) is 17.2 Å². The topological polar surface area (TPSA) is 59.1 Å². The van der Waals surface area contributed by atoms with Crippen molar-refractivity contribution in [3.05, 3.63) is 46.5 Å². The average Bonchev–Trinajstić information content (AvgIpc) is 2.87. The summed E-state index contributed by atoms with van der Waals surface area (Å²) in [5.41, 5.74) is 0.736. The molecule has 0 fully saturated rings. The predicted octanol–water partition coefficient (Wildman–Crippen LogP) is 3.33. The first-order valence-corrected chi connectivity index (χ1v) is 6.74. The molecule has 0 radical (unpaired) electrons. The smallest absolute Gasteiger partial charge is 0.258 e. The number of aromatic nitrogens is 1. The molecule has 0 aliphatic carbocycles. The lowest BCUT2D eigenvalue weighted by Gasteiger charge is -2.04. The third-order valence-corrected chi connectivity index (χ3v) is 3.86. The Kier molecular flexibility index (Phi) is 4.06. The van der Waals surface area contributed by atoms with Crippen molar-refractivity contribution < 1.29 is 9.59 Å². The predicted molar refractivity (Wildman–Crippen MR) is 76.0 cm³/mol. The van der Waals surface area contributed by atoms with E-state index in [9.17, 15) is 9.59 Å². The van der Waals surface area contributed by atoms with E-state index in [0.717, 1.165) is 4.88 Å². The molecule has 0 atom stereocenters. The number of thiazole rings is 1. The number of hydrogen-bond donors (Lipinski definition) is 1. The number of nitrogens with one attached hydrogen (secondary N) is 1. The Labute approximate surface area is 115 Å². The summed E-state index contributed by atoms with van der Waals surface area (Å²) in [4.78, 5) is 28.2. The summed E-state index contributed by atoms with van der Waals surface area (Å²) in [7, 11) is 0. The Bertz CT molecular complexity index is 605. The van der Waals surface area contributed by atoms with Crippen LogP contribution in [0.25, 0.3) is 0 Å². The van der Waals surface area contributed by atoms with Crippen molar-refractivity contribution in [2.24, 2.45) is 0 Å². The zero-order chi connectivity index (χ0) is 13.8. The van der Waals surface area contributed by atoms with Gasteiger partial charge in [-0.2, -0.15) is 0 Å². The Hall–Kier alpha value is -2.01. The molecule has 2 rings (SSSR count). The molecule has 1 aromatic heterocycles. The molecule has 5 heteroatoms. The number of anilines is 1. The van der Waals surface area contributed by atoms with Gasteiger partial charge in [-0.05, 0) is 12.0 Å².